The fourth-order valence-corrected chi connectivity index (χ4v) is 1.83. The van der Waals surface area contributed by atoms with E-state index < -0.39 is 0 Å². The molecule has 0 bridgehead atoms. The number of ketones is 2. The van der Waals surface area contributed by atoms with Crippen molar-refractivity contribution in [2.75, 3.05) is 0 Å². The lowest BCUT2D eigenvalue weighted by Gasteiger charge is -2.21. The van der Waals surface area contributed by atoms with Gasteiger partial charge >= 0.3 is 0 Å². The number of Topliss-reactive ketones (excluding diaryl/α,β-unsaturated/α-hetero) is 2. The summed E-state index contributed by atoms with van der Waals surface area (Å²) in [7, 11) is 0. The molecule has 0 aliphatic heterocycles. The van der Waals surface area contributed by atoms with E-state index in [1.165, 1.54) is 0 Å². The lowest BCUT2D eigenvalue weighted by molar-refractivity contribution is -0.136. The van der Waals surface area contributed by atoms with Gasteiger partial charge in [0.2, 0.25) is 0 Å². The van der Waals surface area contributed by atoms with Gasteiger partial charge in [-0.3, -0.25) is 9.59 Å². The molecule has 2 nitrogen and oxygen atoms in total. The smallest absolute Gasteiger partial charge is 0.146 e. The Hall–Kier alpha value is -0.660. The zero-order valence-corrected chi connectivity index (χ0v) is 8.51. The number of hydrogen-bond acceptors (Lipinski definition) is 2. The van der Waals surface area contributed by atoms with Crippen molar-refractivity contribution in [1.82, 2.24) is 0 Å². The van der Waals surface area contributed by atoms with Gasteiger partial charge in [0.1, 0.15) is 11.6 Å². The SMILES string of the molecule is CCC(C)C(=O)C1CCCCC1=O. The van der Waals surface area contributed by atoms with Crippen LogP contribution in [0.4, 0.5) is 0 Å². The number of carbonyl (C=O) groups excluding carboxylic acids is 2. The van der Waals surface area contributed by atoms with Gasteiger partial charge in [0.15, 0.2) is 0 Å². The van der Waals surface area contributed by atoms with Crippen molar-refractivity contribution in [2.45, 2.75) is 46.0 Å². The quantitative estimate of drug-likeness (QED) is 0.628. The van der Waals surface area contributed by atoms with Gasteiger partial charge in [-0.05, 0) is 19.3 Å². The molecule has 74 valence electrons. The van der Waals surface area contributed by atoms with E-state index in [1.807, 2.05) is 13.8 Å². The van der Waals surface area contributed by atoms with E-state index in [1.54, 1.807) is 0 Å². The molecule has 2 heteroatoms. The predicted octanol–water partition coefficient (Wildman–Crippen LogP) is 2.36. The first-order valence-electron chi connectivity index (χ1n) is 5.23. The molecule has 1 aliphatic rings. The summed E-state index contributed by atoms with van der Waals surface area (Å²) in [6.07, 6.45) is 4.28. The van der Waals surface area contributed by atoms with Crippen LogP contribution in [-0.4, -0.2) is 11.6 Å². The molecule has 0 saturated heterocycles. The molecule has 0 aromatic rings. The Morgan fingerprint density at radius 1 is 1.54 bits per heavy atom. The van der Waals surface area contributed by atoms with Gasteiger partial charge in [-0.25, -0.2) is 0 Å². The van der Waals surface area contributed by atoms with Crippen molar-refractivity contribution >= 4 is 11.6 Å². The molecule has 2 unspecified atom stereocenters. The third-order valence-corrected chi connectivity index (χ3v) is 3.00. The summed E-state index contributed by atoms with van der Waals surface area (Å²) in [5.41, 5.74) is 0. The number of rotatable bonds is 3. The van der Waals surface area contributed by atoms with Crippen molar-refractivity contribution in [1.29, 1.82) is 0 Å². The third kappa shape index (κ3) is 2.39. The first kappa shape index (κ1) is 10.4. The van der Waals surface area contributed by atoms with Crippen molar-refractivity contribution in [3.05, 3.63) is 0 Å². The maximum atomic E-state index is 11.7. The predicted molar refractivity (Wildman–Crippen MR) is 51.4 cm³/mol. The summed E-state index contributed by atoms with van der Waals surface area (Å²) in [4.78, 5) is 23.2. The van der Waals surface area contributed by atoms with Gasteiger partial charge in [-0.1, -0.05) is 20.3 Å². The van der Waals surface area contributed by atoms with E-state index in [2.05, 4.69) is 0 Å². The Balaban J connectivity index is 2.58. The molecule has 13 heavy (non-hydrogen) atoms. The van der Waals surface area contributed by atoms with Gasteiger partial charge in [0.05, 0.1) is 5.92 Å². The van der Waals surface area contributed by atoms with Crippen LogP contribution in [-0.2, 0) is 9.59 Å². The van der Waals surface area contributed by atoms with Crippen molar-refractivity contribution in [3.8, 4) is 0 Å². The molecule has 1 aliphatic carbocycles. The van der Waals surface area contributed by atoms with E-state index in [0.717, 1.165) is 25.7 Å². The van der Waals surface area contributed by atoms with E-state index in [-0.39, 0.29) is 23.4 Å². The zero-order chi connectivity index (χ0) is 9.84. The van der Waals surface area contributed by atoms with Gasteiger partial charge in [0, 0.05) is 12.3 Å². The van der Waals surface area contributed by atoms with Crippen LogP contribution in [0.25, 0.3) is 0 Å². The Morgan fingerprint density at radius 2 is 2.23 bits per heavy atom. The Kier molecular flexibility index (Phi) is 3.64. The largest absolute Gasteiger partial charge is 0.299 e. The number of hydrogen-bond donors (Lipinski definition) is 0. The second-order valence-electron chi connectivity index (χ2n) is 3.98. The van der Waals surface area contributed by atoms with Crippen LogP contribution >= 0.6 is 0 Å². The lowest BCUT2D eigenvalue weighted by atomic mass is 9.80. The minimum atomic E-state index is -0.260. The average molecular weight is 182 g/mol. The topological polar surface area (TPSA) is 34.1 Å². The highest BCUT2D eigenvalue weighted by Crippen LogP contribution is 2.24. The van der Waals surface area contributed by atoms with Crippen molar-refractivity contribution < 1.29 is 9.59 Å². The van der Waals surface area contributed by atoms with Crippen LogP contribution in [0.1, 0.15) is 46.0 Å². The highest BCUT2D eigenvalue weighted by atomic mass is 16.2. The highest BCUT2D eigenvalue weighted by molar-refractivity contribution is 6.03. The molecule has 0 aromatic carbocycles. The second kappa shape index (κ2) is 4.54. The Bertz CT molecular complexity index is 208. The van der Waals surface area contributed by atoms with E-state index in [0.29, 0.717) is 6.42 Å². The standard InChI is InChI=1S/C11H18O2/c1-3-8(2)11(13)9-6-4-5-7-10(9)12/h8-9H,3-7H2,1-2H3. The molecule has 2 atom stereocenters. The normalized spacial score (nSPS) is 25.7. The zero-order valence-electron chi connectivity index (χ0n) is 8.51. The fourth-order valence-electron chi connectivity index (χ4n) is 1.83. The molecule has 1 rings (SSSR count). The molecule has 0 radical (unpaired) electrons. The van der Waals surface area contributed by atoms with Crippen LogP contribution < -0.4 is 0 Å². The minimum absolute atomic E-state index is 0.0621. The van der Waals surface area contributed by atoms with Gasteiger partial charge < -0.3 is 0 Å². The average Bonchev–Trinajstić information content (AvgIpc) is 2.16. The summed E-state index contributed by atoms with van der Waals surface area (Å²) in [5, 5.41) is 0. The summed E-state index contributed by atoms with van der Waals surface area (Å²) >= 11 is 0. The summed E-state index contributed by atoms with van der Waals surface area (Å²) in [6, 6.07) is 0. The van der Waals surface area contributed by atoms with Crippen LogP contribution in [0.3, 0.4) is 0 Å². The van der Waals surface area contributed by atoms with E-state index in [4.69, 9.17) is 0 Å². The second-order valence-corrected chi connectivity index (χ2v) is 3.98. The highest BCUT2D eigenvalue weighted by Gasteiger charge is 2.30. The Morgan fingerprint density at radius 3 is 2.77 bits per heavy atom. The molecule has 0 amide bonds. The number of carbonyl (C=O) groups is 2. The molecule has 0 spiro atoms. The van der Waals surface area contributed by atoms with Crippen LogP contribution in [0, 0.1) is 11.8 Å². The van der Waals surface area contributed by atoms with Crippen molar-refractivity contribution in [2.24, 2.45) is 11.8 Å². The van der Waals surface area contributed by atoms with E-state index >= 15 is 0 Å². The molecule has 0 aromatic heterocycles. The molecule has 0 N–H and O–H groups in total. The van der Waals surface area contributed by atoms with Crippen LogP contribution in [0.5, 0.6) is 0 Å². The van der Waals surface area contributed by atoms with Crippen LogP contribution in [0.2, 0.25) is 0 Å². The molecular formula is C11H18O2. The fraction of sp³-hybridized carbons (Fsp3) is 0.818. The minimum Gasteiger partial charge on any atom is -0.299 e. The van der Waals surface area contributed by atoms with Crippen molar-refractivity contribution in [3.63, 3.8) is 0 Å². The Labute approximate surface area is 79.7 Å². The molecular weight excluding hydrogens is 164 g/mol. The summed E-state index contributed by atoms with van der Waals surface area (Å²) < 4.78 is 0. The third-order valence-electron chi connectivity index (χ3n) is 3.00. The maximum absolute atomic E-state index is 11.7. The van der Waals surface area contributed by atoms with Gasteiger partial charge in [-0.2, -0.15) is 0 Å². The van der Waals surface area contributed by atoms with Crippen LogP contribution in [0.15, 0.2) is 0 Å². The monoisotopic (exact) mass is 182 g/mol. The lowest BCUT2D eigenvalue weighted by Crippen LogP contribution is -2.30. The first-order chi connectivity index (χ1) is 6.16. The first-order valence-corrected chi connectivity index (χ1v) is 5.23. The molecule has 0 heterocycles. The van der Waals surface area contributed by atoms with Gasteiger partial charge in [-0.15, -0.1) is 0 Å². The van der Waals surface area contributed by atoms with E-state index in [9.17, 15) is 9.59 Å². The summed E-state index contributed by atoms with van der Waals surface area (Å²) in [5.74, 6) is 0.152. The maximum Gasteiger partial charge on any atom is 0.146 e. The van der Waals surface area contributed by atoms with Gasteiger partial charge in [0.25, 0.3) is 0 Å². The molecule has 1 saturated carbocycles. The summed E-state index contributed by atoms with van der Waals surface area (Å²) in [6.45, 7) is 3.92. The molecule has 1 fully saturated rings.